The number of pyridine rings is 1. The number of piperidine rings is 1. The Morgan fingerprint density at radius 2 is 1.97 bits per heavy atom. The Balaban J connectivity index is 1.70. The molecular weight excluding hydrogens is 461 g/mol. The van der Waals surface area contributed by atoms with Crippen LogP contribution in [0, 0.1) is 12.8 Å². The van der Waals surface area contributed by atoms with Gasteiger partial charge in [-0.25, -0.2) is 15.0 Å². The molecule has 178 valence electrons. The van der Waals surface area contributed by atoms with E-state index in [1.54, 1.807) is 25.7 Å². The minimum absolute atomic E-state index is 0.0462. The summed E-state index contributed by atoms with van der Waals surface area (Å²) in [7, 11) is 0. The largest absolute Gasteiger partial charge is 0.417 e. The molecule has 0 spiro atoms. The van der Waals surface area contributed by atoms with Crippen molar-refractivity contribution in [3.8, 4) is 0 Å². The number of alkyl halides is 3. The van der Waals surface area contributed by atoms with Gasteiger partial charge in [-0.1, -0.05) is 25.4 Å². The molecule has 1 unspecified atom stereocenters. The van der Waals surface area contributed by atoms with Gasteiger partial charge < -0.3 is 10.2 Å². The molecule has 1 aliphatic rings. The van der Waals surface area contributed by atoms with Crippen LogP contribution in [-0.2, 0) is 11.0 Å². The Bertz CT molecular complexity index is 1050. The number of aromatic nitrogens is 3. The quantitative estimate of drug-likeness (QED) is 0.668. The number of halogens is 4. The molecule has 1 saturated heterocycles. The first-order valence-corrected chi connectivity index (χ1v) is 10.8. The van der Waals surface area contributed by atoms with E-state index < -0.39 is 17.6 Å². The number of amides is 2. The highest BCUT2D eigenvalue weighted by Gasteiger charge is 2.32. The number of anilines is 2. The third kappa shape index (κ3) is 6.31. The third-order valence-electron chi connectivity index (χ3n) is 5.05. The van der Waals surface area contributed by atoms with Gasteiger partial charge in [0.25, 0.3) is 5.91 Å². The van der Waals surface area contributed by atoms with Gasteiger partial charge >= 0.3 is 6.18 Å². The van der Waals surface area contributed by atoms with Crippen molar-refractivity contribution in [3.05, 3.63) is 40.3 Å². The van der Waals surface area contributed by atoms with E-state index in [-0.39, 0.29) is 40.3 Å². The predicted octanol–water partition coefficient (Wildman–Crippen LogP) is 3.85. The van der Waals surface area contributed by atoms with Crippen molar-refractivity contribution in [2.75, 3.05) is 23.3 Å². The van der Waals surface area contributed by atoms with Crippen molar-refractivity contribution >= 4 is 35.2 Å². The second kappa shape index (κ2) is 9.90. The number of hydrogen-bond acceptors (Lipinski definition) is 6. The van der Waals surface area contributed by atoms with E-state index in [9.17, 15) is 22.8 Å². The maximum atomic E-state index is 12.9. The van der Waals surface area contributed by atoms with Crippen molar-refractivity contribution in [2.45, 2.75) is 45.8 Å². The fourth-order valence-corrected chi connectivity index (χ4v) is 3.65. The summed E-state index contributed by atoms with van der Waals surface area (Å²) in [6, 6.07) is 2.06. The van der Waals surface area contributed by atoms with Crippen molar-refractivity contribution < 1.29 is 22.8 Å². The van der Waals surface area contributed by atoms with Crippen molar-refractivity contribution in [3.63, 3.8) is 0 Å². The molecule has 2 amide bonds. The summed E-state index contributed by atoms with van der Waals surface area (Å²) in [4.78, 5) is 38.6. The molecule has 0 aliphatic carbocycles. The van der Waals surface area contributed by atoms with Crippen LogP contribution in [0.25, 0.3) is 0 Å². The SMILES string of the molecule is Cc1cc(C(=O)NC2CCCN(c3ncc(C(F)(F)F)cc3Cl)C2)nc(NC(=O)C(C)C)n1. The molecule has 1 atom stereocenters. The fourth-order valence-electron chi connectivity index (χ4n) is 3.36. The van der Waals surface area contributed by atoms with E-state index in [1.807, 2.05) is 0 Å². The second-order valence-corrected chi connectivity index (χ2v) is 8.56. The first-order chi connectivity index (χ1) is 15.4. The van der Waals surface area contributed by atoms with Crippen LogP contribution in [0.5, 0.6) is 0 Å². The summed E-state index contributed by atoms with van der Waals surface area (Å²) in [5.41, 5.74) is -0.304. The van der Waals surface area contributed by atoms with Gasteiger partial charge in [0.15, 0.2) is 0 Å². The van der Waals surface area contributed by atoms with Gasteiger partial charge in [0.2, 0.25) is 11.9 Å². The highest BCUT2D eigenvalue weighted by atomic mass is 35.5. The zero-order valence-electron chi connectivity index (χ0n) is 18.3. The van der Waals surface area contributed by atoms with Gasteiger partial charge in [0.05, 0.1) is 10.6 Å². The lowest BCUT2D eigenvalue weighted by molar-refractivity contribution is -0.137. The van der Waals surface area contributed by atoms with E-state index in [4.69, 9.17) is 11.6 Å². The molecule has 3 rings (SSSR count). The summed E-state index contributed by atoms with van der Waals surface area (Å²) in [6.07, 6.45) is -2.43. The summed E-state index contributed by atoms with van der Waals surface area (Å²) in [6.45, 7) is 6.01. The van der Waals surface area contributed by atoms with Gasteiger partial charge in [-0.05, 0) is 31.9 Å². The van der Waals surface area contributed by atoms with Crippen LogP contribution in [0.1, 0.15) is 48.4 Å². The fraction of sp³-hybridized carbons (Fsp3) is 0.476. The average Bonchev–Trinajstić information content (AvgIpc) is 2.72. The number of nitrogens with one attached hydrogen (secondary N) is 2. The van der Waals surface area contributed by atoms with E-state index in [0.29, 0.717) is 31.6 Å². The van der Waals surface area contributed by atoms with Crippen LogP contribution < -0.4 is 15.5 Å². The average molecular weight is 485 g/mol. The maximum absolute atomic E-state index is 12.9. The van der Waals surface area contributed by atoms with Crippen LogP contribution in [0.3, 0.4) is 0 Å². The highest BCUT2D eigenvalue weighted by molar-refractivity contribution is 6.33. The van der Waals surface area contributed by atoms with Gasteiger partial charge in [-0.3, -0.25) is 14.9 Å². The summed E-state index contributed by atoms with van der Waals surface area (Å²) >= 11 is 6.07. The zero-order chi connectivity index (χ0) is 24.3. The maximum Gasteiger partial charge on any atom is 0.417 e. The van der Waals surface area contributed by atoms with E-state index in [1.165, 1.54) is 6.07 Å². The van der Waals surface area contributed by atoms with Gasteiger partial charge in [0.1, 0.15) is 11.5 Å². The molecule has 8 nitrogen and oxygen atoms in total. The number of nitrogens with zero attached hydrogens (tertiary/aromatic N) is 4. The molecule has 0 saturated carbocycles. The standard InChI is InChI=1S/C21H24ClF3N6O2/c1-11(2)18(32)30-20-27-12(3)7-16(29-20)19(33)28-14-5-4-6-31(10-14)17-15(22)8-13(9-26-17)21(23,24)25/h7-9,11,14H,4-6,10H2,1-3H3,(H,28,33)(H,27,29,30,32). The lowest BCUT2D eigenvalue weighted by Gasteiger charge is -2.34. The van der Waals surface area contributed by atoms with Crippen LogP contribution in [-0.4, -0.2) is 45.9 Å². The van der Waals surface area contributed by atoms with Gasteiger partial charge in [0, 0.05) is 36.9 Å². The molecule has 1 aliphatic heterocycles. The first-order valence-electron chi connectivity index (χ1n) is 10.4. The normalized spacial score (nSPS) is 16.6. The number of hydrogen-bond donors (Lipinski definition) is 2. The topological polar surface area (TPSA) is 100 Å². The molecular formula is C21H24ClF3N6O2. The van der Waals surface area contributed by atoms with E-state index >= 15 is 0 Å². The Hall–Kier alpha value is -2.95. The highest BCUT2D eigenvalue weighted by Crippen LogP contribution is 2.34. The summed E-state index contributed by atoms with van der Waals surface area (Å²) in [5.74, 6) is -0.704. The summed E-state index contributed by atoms with van der Waals surface area (Å²) < 4.78 is 38.6. The van der Waals surface area contributed by atoms with Gasteiger partial charge in [-0.2, -0.15) is 13.2 Å². The number of carbonyl (C=O) groups excluding carboxylic acids is 2. The van der Waals surface area contributed by atoms with Crippen LogP contribution >= 0.6 is 11.6 Å². The Morgan fingerprint density at radius 3 is 2.61 bits per heavy atom. The monoisotopic (exact) mass is 484 g/mol. The number of aryl methyl sites for hydroxylation is 1. The number of rotatable bonds is 5. The predicted molar refractivity (Wildman–Crippen MR) is 117 cm³/mol. The first kappa shape index (κ1) is 24.7. The van der Waals surface area contributed by atoms with Crippen molar-refractivity contribution in [1.82, 2.24) is 20.3 Å². The summed E-state index contributed by atoms with van der Waals surface area (Å²) in [5, 5.41) is 5.36. The molecule has 2 N–H and O–H groups in total. The molecule has 12 heteroatoms. The molecule has 3 heterocycles. The lowest BCUT2D eigenvalue weighted by Crippen LogP contribution is -2.48. The van der Waals surface area contributed by atoms with Crippen LogP contribution in [0.15, 0.2) is 18.3 Å². The Morgan fingerprint density at radius 1 is 1.24 bits per heavy atom. The molecule has 0 aromatic carbocycles. The lowest BCUT2D eigenvalue weighted by atomic mass is 10.1. The third-order valence-corrected chi connectivity index (χ3v) is 5.33. The molecule has 0 radical (unpaired) electrons. The van der Waals surface area contributed by atoms with E-state index in [0.717, 1.165) is 12.3 Å². The molecule has 1 fully saturated rings. The van der Waals surface area contributed by atoms with Crippen LogP contribution in [0.4, 0.5) is 24.9 Å². The van der Waals surface area contributed by atoms with E-state index in [2.05, 4.69) is 25.6 Å². The molecule has 2 aromatic rings. The molecule has 2 aromatic heterocycles. The van der Waals surface area contributed by atoms with Crippen LogP contribution in [0.2, 0.25) is 5.02 Å². The molecule has 33 heavy (non-hydrogen) atoms. The van der Waals surface area contributed by atoms with Crippen molar-refractivity contribution in [1.29, 1.82) is 0 Å². The minimum atomic E-state index is -4.53. The Labute approximate surface area is 194 Å². The smallest absolute Gasteiger partial charge is 0.353 e. The second-order valence-electron chi connectivity index (χ2n) is 8.15. The zero-order valence-corrected chi connectivity index (χ0v) is 19.1. The molecule has 0 bridgehead atoms. The van der Waals surface area contributed by atoms with Gasteiger partial charge in [-0.15, -0.1) is 0 Å². The Kier molecular flexibility index (Phi) is 7.41. The minimum Gasteiger partial charge on any atom is -0.353 e. The number of carbonyl (C=O) groups is 2. The van der Waals surface area contributed by atoms with Crippen molar-refractivity contribution in [2.24, 2.45) is 5.92 Å².